The molecule has 0 aliphatic carbocycles. The number of fused-ring (bicyclic) bond motifs is 12. The predicted molar refractivity (Wildman–Crippen MR) is 367 cm³/mol. The number of unbranched alkanes of at least 4 members (excludes halogenated alkanes) is 3. The van der Waals surface area contributed by atoms with Crippen molar-refractivity contribution in [3.63, 3.8) is 0 Å². The van der Waals surface area contributed by atoms with E-state index in [-0.39, 0.29) is 193 Å². The van der Waals surface area contributed by atoms with Crippen LogP contribution in [-0.4, -0.2) is 207 Å². The Balaban J connectivity index is 0.00000324. The van der Waals surface area contributed by atoms with Crippen molar-refractivity contribution < 1.29 is 206 Å². The van der Waals surface area contributed by atoms with Crippen LogP contribution in [0.4, 0.5) is 11.6 Å². The molecule has 1 atom stereocenters. The van der Waals surface area contributed by atoms with Crippen LogP contribution in [0.15, 0.2) is 117 Å². The minimum Gasteiger partial charge on any atom is 1.00 e. The molecule has 37 heteroatoms. The number of aliphatic imine (C=N–C) groups is 2. The van der Waals surface area contributed by atoms with E-state index in [0.717, 1.165) is 56.6 Å². The number of carbonyl (C=O) groups excluding carboxylic acids is 1. The molecule has 0 radical (unpaired) electrons. The number of aromatic nitrogens is 2. The maximum absolute atomic E-state index is 12.3. The predicted octanol–water partition coefficient (Wildman–Crippen LogP) is -6.95. The van der Waals surface area contributed by atoms with E-state index in [0.29, 0.717) is 108 Å². The van der Waals surface area contributed by atoms with Gasteiger partial charge in [0.05, 0.1) is 0 Å². The summed E-state index contributed by atoms with van der Waals surface area (Å²) in [7, 11) is -33.6. The Labute approximate surface area is 681 Å². The molecule has 1 spiro atoms. The molecule has 6 aliphatic heterocycles. The van der Waals surface area contributed by atoms with Crippen molar-refractivity contribution in [2.75, 3.05) is 75.4 Å². The maximum Gasteiger partial charge on any atom is 1.00 e. The first kappa shape index (κ1) is 84.5. The molecule has 6 aromatic rings. The normalized spacial score (nSPS) is 17.6. The molecule has 4 aromatic carbocycles. The fourth-order valence-electron chi connectivity index (χ4n) is 17.0. The maximum atomic E-state index is 12.3. The van der Waals surface area contributed by atoms with E-state index in [9.17, 15) is 70.0 Å². The van der Waals surface area contributed by atoms with Gasteiger partial charge in [-0.1, -0.05) is 0 Å². The minimum atomic E-state index is -7.38. The molecule has 0 N–H and O–H groups in total. The summed E-state index contributed by atoms with van der Waals surface area (Å²) in [4.78, 5) is 34.9. The molecule has 0 saturated heterocycles. The molecule has 8 heterocycles. The van der Waals surface area contributed by atoms with Gasteiger partial charge in [0.2, 0.25) is 0 Å². The number of benzene rings is 4. The Bertz CT molecular complexity index is 4770. The molecule has 101 heavy (non-hydrogen) atoms. The van der Waals surface area contributed by atoms with Gasteiger partial charge in [0.1, 0.15) is 0 Å². The van der Waals surface area contributed by atoms with E-state index in [1.54, 1.807) is 0 Å². The summed E-state index contributed by atoms with van der Waals surface area (Å²) in [6, 6.07) is 32.6. The average molecular weight is 1550 g/mol. The van der Waals surface area contributed by atoms with Gasteiger partial charge >= 0.3 is 679 Å². The molecule has 1 unspecified atom stereocenters. The summed E-state index contributed by atoms with van der Waals surface area (Å²) in [5.41, 5.74) is 3.98. The summed E-state index contributed by atoms with van der Waals surface area (Å²) in [5.74, 6) is -1.01. The first-order valence-corrected chi connectivity index (χ1v) is 48.6. The SMILES string of the molecule is CCCC[N+](CCCCCC(=O)[O-])(CCC[Si](C)(C)O[Si-2]123(O[Si](C)(C)CCC[N+](CCCS(=O)(=O)[O-])(CCCS(=O)(=O)[O-])CCCS(=O)(=O)[O-])n4c5c6ccccc6c4N=C4c6ccccc6C(=[N+]41)N=c1c4ccccc4c(n12)=NC1=[N+]3C(=N5)c2ccccc21)CCCS(=O)(=O)[O-].[Na+].[Na+].[Na+].[Na+]. The average Bonchev–Trinajstić information content (AvgIpc) is 1.49. The molecule has 2 aromatic heterocycles. The van der Waals surface area contributed by atoms with E-state index in [4.69, 9.17) is 20.0 Å². The Kier molecular flexibility index (Phi) is 26.0. The summed E-state index contributed by atoms with van der Waals surface area (Å²) >= 11 is 0. The largest absolute Gasteiger partial charge is 1.00 e. The smallest absolute Gasteiger partial charge is 1.00 e. The molecular formula is C64H83N10Na4O16S4Si3+. The van der Waals surface area contributed by atoms with Crippen molar-refractivity contribution >= 4 is 127 Å². The van der Waals surface area contributed by atoms with Crippen LogP contribution in [0.1, 0.15) is 106 Å². The van der Waals surface area contributed by atoms with Crippen molar-refractivity contribution in [3.05, 3.63) is 130 Å². The van der Waals surface area contributed by atoms with Gasteiger partial charge in [0.25, 0.3) is 0 Å². The quantitative estimate of drug-likeness (QED) is 0.0151. The summed E-state index contributed by atoms with van der Waals surface area (Å²) in [5, 5.41) is 14.6. The number of carboxylic acid groups (broad SMARTS) is 1. The van der Waals surface area contributed by atoms with E-state index >= 15 is 0 Å². The molecule has 524 valence electrons. The number of aliphatic carboxylic acids is 1. The van der Waals surface area contributed by atoms with Crippen molar-refractivity contribution in [3.8, 4) is 0 Å². The number of nitrogens with zero attached hydrogens (tertiary/aromatic N) is 10. The molecule has 0 fully saturated rings. The van der Waals surface area contributed by atoms with Crippen molar-refractivity contribution in [2.45, 2.75) is 122 Å². The summed E-state index contributed by atoms with van der Waals surface area (Å²) in [6.07, 6.45) is 3.60. The van der Waals surface area contributed by atoms with Crippen LogP contribution < -0.4 is 134 Å². The molecule has 6 aliphatic rings. The molecule has 26 nitrogen and oxygen atoms in total. The zero-order valence-electron chi connectivity index (χ0n) is 59.3. The number of hydrogen-bond donors (Lipinski definition) is 0. The third-order valence-corrected chi connectivity index (χ3v) is 40.4. The van der Waals surface area contributed by atoms with Crippen molar-refractivity contribution in [2.24, 2.45) is 20.0 Å². The number of rotatable bonds is 37. The van der Waals surface area contributed by atoms with Crippen LogP contribution in [-0.2, 0) is 53.5 Å². The Morgan fingerprint density at radius 2 is 0.772 bits per heavy atom. The number of carbonyl (C=O) groups is 1. The van der Waals surface area contributed by atoms with Crippen LogP contribution in [0.5, 0.6) is 0 Å². The molecule has 0 amide bonds. The summed E-state index contributed by atoms with van der Waals surface area (Å²) in [6.45, 7) is 13.0. The Hall–Kier alpha value is -2.16. The standard InChI is InChI=1S/C64H86N10O16S4Si3.4Na/c1-6-7-34-73(36-19-42-91(77,78)79,35-18-8-9-33-56(75)76)40-23-46-95(2,3)89-97(90-96(4,5)47-24-41-74(37-20-43-92(80,81)82,38-21-44-93(83,84)85)39-22-45-94(86,87)88)69-57-48-25-10-11-26-49(48)58(69)66-60-52-29-14-15-30-53(52)62(71(60)97)68-64-55-32-17-16-31-54(55)63(72(64)97)67-61-51-28-13-12-27-50(51)59(65-57)70(61)97;;;;/h10-17,25-32H,6-9,18-24,33-47H2,1-5H3,(H3-2,75,76,77,78,79,80,81,82,83,84,85,86,87,88);;;;/q;4*+1/p-3. The number of hydrogen-bond acceptors (Lipinski definition) is 20. The van der Waals surface area contributed by atoms with E-state index in [1.165, 1.54) is 0 Å². The second-order valence-electron chi connectivity index (χ2n) is 28.4. The van der Waals surface area contributed by atoms with Gasteiger partial charge in [0.15, 0.2) is 0 Å². The third kappa shape index (κ3) is 15.6. The Morgan fingerprint density at radius 1 is 0.446 bits per heavy atom. The van der Waals surface area contributed by atoms with E-state index < -0.39 is 93.8 Å². The van der Waals surface area contributed by atoms with E-state index in [1.807, 2.05) is 97.1 Å². The molecular weight excluding hydrogens is 1470 g/mol. The summed E-state index contributed by atoms with van der Waals surface area (Å²) < 4.78 is 175. The number of quaternary nitrogens is 2. The van der Waals surface area contributed by atoms with Gasteiger partial charge in [-0.15, -0.1) is 0 Å². The van der Waals surface area contributed by atoms with Gasteiger partial charge in [-0.05, 0) is 0 Å². The fraction of sp³-hybridized carbons (Fsp3) is 0.484. The second-order valence-corrected chi connectivity index (χ2v) is 48.8. The first-order chi connectivity index (χ1) is 45.6. The third-order valence-electron chi connectivity index (χ3n) is 20.5. The van der Waals surface area contributed by atoms with Gasteiger partial charge in [0, 0.05) is 0 Å². The van der Waals surface area contributed by atoms with Crippen molar-refractivity contribution in [1.29, 1.82) is 0 Å². The molecule has 0 bridgehead atoms. The number of carboxylic acids is 1. The van der Waals surface area contributed by atoms with Crippen molar-refractivity contribution in [1.82, 2.24) is 8.47 Å². The zero-order valence-corrected chi connectivity index (χ0v) is 73.5. The zero-order chi connectivity index (χ0) is 69.5. The van der Waals surface area contributed by atoms with Crippen LogP contribution in [0.2, 0.25) is 38.3 Å². The van der Waals surface area contributed by atoms with Gasteiger partial charge in [-0.2, -0.15) is 0 Å². The topological polar surface area (TPSA) is 353 Å². The number of amidine groups is 4. The fourth-order valence-corrected chi connectivity index (χ4v) is 41.1. The van der Waals surface area contributed by atoms with Gasteiger partial charge < -0.3 is 9.90 Å². The first-order valence-electron chi connectivity index (χ1n) is 33.5. The van der Waals surface area contributed by atoms with Crippen LogP contribution in [0, 0.1) is 0 Å². The van der Waals surface area contributed by atoms with Crippen LogP contribution >= 0.6 is 0 Å². The molecule has 12 rings (SSSR count). The van der Waals surface area contributed by atoms with Gasteiger partial charge in [-0.3, -0.25) is 0 Å². The second kappa shape index (κ2) is 31.1. The van der Waals surface area contributed by atoms with Gasteiger partial charge in [-0.25, -0.2) is 0 Å². The van der Waals surface area contributed by atoms with Crippen LogP contribution in [0.25, 0.3) is 21.5 Å². The van der Waals surface area contributed by atoms with Crippen LogP contribution in [0.3, 0.4) is 0 Å². The minimum absolute atomic E-state index is 0. The van der Waals surface area contributed by atoms with E-state index in [2.05, 4.69) is 50.1 Å². The Morgan fingerprint density at radius 3 is 1.13 bits per heavy atom. The monoisotopic (exact) mass is 1550 g/mol. The molecule has 0 saturated carbocycles.